The largest absolute Gasteiger partial charge is 0.370 e. The smallest absolute Gasteiger partial charge is 0.220 e. The Morgan fingerprint density at radius 3 is 2.50 bits per heavy atom. The third-order valence-corrected chi connectivity index (χ3v) is 3.68. The number of aldehydes is 1. The second-order valence-electron chi connectivity index (χ2n) is 5.86. The molecule has 0 saturated carbocycles. The second-order valence-corrected chi connectivity index (χ2v) is 5.86. The van der Waals surface area contributed by atoms with Crippen LogP contribution in [0.5, 0.6) is 0 Å². The molecule has 5 N–H and O–H groups in total. The lowest BCUT2D eigenvalue weighted by Gasteiger charge is -2.11. The Balaban J connectivity index is 2.12. The van der Waals surface area contributed by atoms with E-state index in [4.69, 9.17) is 11.5 Å². The zero-order chi connectivity index (χ0) is 17.6. The molecule has 24 heavy (non-hydrogen) atoms. The SMILES string of the molecule is NC(N)=NCCCCCCNC(=O)CC(C=O)Cc1ccccc1. The van der Waals surface area contributed by atoms with Crippen molar-refractivity contribution in [3.8, 4) is 0 Å². The number of guanidine groups is 1. The van der Waals surface area contributed by atoms with Crippen LogP contribution in [-0.2, 0) is 16.0 Å². The van der Waals surface area contributed by atoms with Crippen LogP contribution in [0.3, 0.4) is 0 Å². The van der Waals surface area contributed by atoms with Crippen molar-refractivity contribution in [2.75, 3.05) is 13.1 Å². The zero-order valence-corrected chi connectivity index (χ0v) is 14.1. The standard InChI is InChI=1S/C18H28N4O2/c19-18(20)22-11-7-2-1-6-10-21-17(24)13-16(14-23)12-15-8-4-3-5-9-15/h3-5,8-9,14,16H,1-2,6-7,10-13H2,(H,21,24)(H4,19,20,22). The van der Waals surface area contributed by atoms with Crippen LogP contribution < -0.4 is 16.8 Å². The van der Waals surface area contributed by atoms with Gasteiger partial charge in [0.05, 0.1) is 0 Å². The summed E-state index contributed by atoms with van der Waals surface area (Å²) < 4.78 is 0. The Bertz CT molecular complexity index is 513. The van der Waals surface area contributed by atoms with Gasteiger partial charge in [-0.05, 0) is 24.8 Å². The number of rotatable bonds is 12. The molecule has 1 aromatic carbocycles. The van der Waals surface area contributed by atoms with Crippen LogP contribution in [0, 0.1) is 5.92 Å². The molecule has 0 aliphatic heterocycles. The third kappa shape index (κ3) is 9.61. The van der Waals surface area contributed by atoms with Gasteiger partial charge in [0.1, 0.15) is 6.29 Å². The molecular weight excluding hydrogens is 304 g/mol. The lowest BCUT2D eigenvalue weighted by Crippen LogP contribution is -2.27. The van der Waals surface area contributed by atoms with Crippen LogP contribution in [0.15, 0.2) is 35.3 Å². The molecule has 0 heterocycles. The summed E-state index contributed by atoms with van der Waals surface area (Å²) in [5.41, 5.74) is 11.6. The lowest BCUT2D eigenvalue weighted by atomic mass is 9.97. The quantitative estimate of drug-likeness (QED) is 0.232. The molecule has 0 spiro atoms. The second kappa shape index (κ2) is 12.1. The molecule has 6 heteroatoms. The average Bonchev–Trinajstić information content (AvgIpc) is 2.57. The number of unbranched alkanes of at least 4 members (excludes halogenated alkanes) is 3. The maximum Gasteiger partial charge on any atom is 0.220 e. The van der Waals surface area contributed by atoms with Gasteiger partial charge in [-0.3, -0.25) is 9.79 Å². The number of carbonyl (C=O) groups is 2. The van der Waals surface area contributed by atoms with Gasteiger partial charge < -0.3 is 21.6 Å². The Morgan fingerprint density at radius 2 is 1.83 bits per heavy atom. The van der Waals surface area contributed by atoms with Gasteiger partial charge in [-0.25, -0.2) is 0 Å². The van der Waals surface area contributed by atoms with Crippen LogP contribution in [-0.4, -0.2) is 31.2 Å². The van der Waals surface area contributed by atoms with E-state index in [2.05, 4.69) is 10.3 Å². The maximum absolute atomic E-state index is 11.9. The number of nitrogens with zero attached hydrogens (tertiary/aromatic N) is 1. The van der Waals surface area contributed by atoms with E-state index in [1.54, 1.807) is 0 Å². The highest BCUT2D eigenvalue weighted by molar-refractivity contribution is 5.79. The predicted molar refractivity (Wildman–Crippen MR) is 96.5 cm³/mol. The Labute approximate surface area is 143 Å². The van der Waals surface area contributed by atoms with Gasteiger partial charge in [-0.15, -0.1) is 0 Å². The van der Waals surface area contributed by atoms with Gasteiger partial charge in [0.2, 0.25) is 5.91 Å². The normalized spacial score (nSPS) is 11.5. The van der Waals surface area contributed by atoms with Crippen LogP contribution in [0.4, 0.5) is 0 Å². The van der Waals surface area contributed by atoms with Crippen molar-refractivity contribution in [3.05, 3.63) is 35.9 Å². The van der Waals surface area contributed by atoms with E-state index >= 15 is 0 Å². The number of carbonyl (C=O) groups excluding carboxylic acids is 2. The van der Waals surface area contributed by atoms with Crippen molar-refractivity contribution in [2.45, 2.75) is 38.5 Å². The molecule has 0 aliphatic rings. The van der Waals surface area contributed by atoms with Crippen molar-refractivity contribution < 1.29 is 9.59 Å². The van der Waals surface area contributed by atoms with E-state index in [-0.39, 0.29) is 24.2 Å². The molecule has 0 aromatic heterocycles. The summed E-state index contributed by atoms with van der Waals surface area (Å²) in [6.45, 7) is 1.28. The van der Waals surface area contributed by atoms with E-state index in [9.17, 15) is 9.59 Å². The van der Waals surface area contributed by atoms with Crippen LogP contribution in [0.2, 0.25) is 0 Å². The van der Waals surface area contributed by atoms with Crippen molar-refractivity contribution in [1.82, 2.24) is 5.32 Å². The van der Waals surface area contributed by atoms with E-state index in [1.165, 1.54) is 0 Å². The summed E-state index contributed by atoms with van der Waals surface area (Å²) in [4.78, 5) is 27.0. The minimum atomic E-state index is -0.271. The molecule has 0 saturated heterocycles. The van der Waals surface area contributed by atoms with Gasteiger partial charge in [-0.2, -0.15) is 0 Å². The first-order chi connectivity index (χ1) is 11.6. The molecule has 1 unspecified atom stereocenters. The van der Waals surface area contributed by atoms with Gasteiger partial charge in [0.25, 0.3) is 0 Å². The topological polar surface area (TPSA) is 111 Å². The highest BCUT2D eigenvalue weighted by Gasteiger charge is 2.13. The molecule has 1 amide bonds. The molecule has 132 valence electrons. The Kier molecular flexibility index (Phi) is 9.92. The summed E-state index contributed by atoms with van der Waals surface area (Å²) in [7, 11) is 0. The summed E-state index contributed by atoms with van der Waals surface area (Å²) in [6, 6.07) is 9.74. The summed E-state index contributed by atoms with van der Waals surface area (Å²) >= 11 is 0. The fourth-order valence-corrected chi connectivity index (χ4v) is 2.42. The molecule has 0 fully saturated rings. The fourth-order valence-electron chi connectivity index (χ4n) is 2.42. The number of aliphatic imine (C=N–C) groups is 1. The summed E-state index contributed by atoms with van der Waals surface area (Å²) in [5, 5.41) is 2.88. The molecule has 0 bridgehead atoms. The molecule has 0 aliphatic carbocycles. The van der Waals surface area contributed by atoms with E-state index < -0.39 is 0 Å². The number of amides is 1. The Hall–Kier alpha value is -2.37. The van der Waals surface area contributed by atoms with E-state index in [0.717, 1.165) is 37.5 Å². The number of hydrogen-bond acceptors (Lipinski definition) is 3. The molecule has 1 atom stereocenters. The Morgan fingerprint density at radius 1 is 1.12 bits per heavy atom. The van der Waals surface area contributed by atoms with Crippen molar-refractivity contribution >= 4 is 18.2 Å². The number of benzene rings is 1. The van der Waals surface area contributed by atoms with Gasteiger partial charge in [-0.1, -0.05) is 43.2 Å². The van der Waals surface area contributed by atoms with Crippen molar-refractivity contribution in [2.24, 2.45) is 22.4 Å². The molecule has 1 rings (SSSR count). The molecular formula is C18H28N4O2. The number of nitrogens with one attached hydrogen (secondary N) is 1. The van der Waals surface area contributed by atoms with E-state index in [0.29, 0.717) is 19.5 Å². The average molecular weight is 332 g/mol. The molecule has 1 aromatic rings. The fraction of sp³-hybridized carbons (Fsp3) is 0.500. The summed E-state index contributed by atoms with van der Waals surface area (Å²) in [5.74, 6) is -0.210. The van der Waals surface area contributed by atoms with Crippen LogP contribution in [0.25, 0.3) is 0 Å². The molecule has 0 radical (unpaired) electrons. The monoisotopic (exact) mass is 332 g/mol. The highest BCUT2D eigenvalue weighted by atomic mass is 16.1. The number of nitrogens with two attached hydrogens (primary N) is 2. The van der Waals surface area contributed by atoms with E-state index in [1.807, 2.05) is 30.3 Å². The van der Waals surface area contributed by atoms with Crippen molar-refractivity contribution in [3.63, 3.8) is 0 Å². The first-order valence-electron chi connectivity index (χ1n) is 8.43. The summed E-state index contributed by atoms with van der Waals surface area (Å²) in [6.07, 6.45) is 5.61. The minimum absolute atomic E-state index is 0.0662. The zero-order valence-electron chi connectivity index (χ0n) is 14.1. The first kappa shape index (κ1) is 19.7. The van der Waals surface area contributed by atoms with Gasteiger partial charge in [0, 0.05) is 25.4 Å². The van der Waals surface area contributed by atoms with Gasteiger partial charge >= 0.3 is 0 Å². The predicted octanol–water partition coefficient (Wildman–Crippen LogP) is 1.38. The van der Waals surface area contributed by atoms with Gasteiger partial charge in [0.15, 0.2) is 5.96 Å². The minimum Gasteiger partial charge on any atom is -0.370 e. The van der Waals surface area contributed by atoms with Crippen LogP contribution >= 0.6 is 0 Å². The first-order valence-corrected chi connectivity index (χ1v) is 8.43. The lowest BCUT2D eigenvalue weighted by molar-refractivity contribution is -0.124. The highest BCUT2D eigenvalue weighted by Crippen LogP contribution is 2.10. The van der Waals surface area contributed by atoms with Crippen LogP contribution in [0.1, 0.15) is 37.7 Å². The number of hydrogen-bond donors (Lipinski definition) is 3. The third-order valence-electron chi connectivity index (χ3n) is 3.68. The van der Waals surface area contributed by atoms with Crippen molar-refractivity contribution in [1.29, 1.82) is 0 Å². The molecule has 6 nitrogen and oxygen atoms in total. The maximum atomic E-state index is 11.9.